The van der Waals surface area contributed by atoms with E-state index in [1.807, 2.05) is 0 Å². The van der Waals surface area contributed by atoms with Gasteiger partial charge in [-0.15, -0.1) is 0 Å². The summed E-state index contributed by atoms with van der Waals surface area (Å²) in [5, 5.41) is 3.17. The molecule has 0 aromatic carbocycles. The molecule has 5 rings (SSSR count). The number of nitrogens with zero attached hydrogens (tertiary/aromatic N) is 1. The maximum absolute atomic E-state index is 12.3. The Bertz CT molecular complexity index is 532. The molecule has 4 bridgehead atoms. The first-order chi connectivity index (χ1) is 10.7. The summed E-state index contributed by atoms with van der Waals surface area (Å²) in [5.74, 6) is 3.30. The van der Waals surface area contributed by atoms with E-state index < -0.39 is 0 Å². The molecule has 0 atom stereocenters. The third-order valence-corrected chi connectivity index (χ3v) is 6.00. The summed E-state index contributed by atoms with van der Waals surface area (Å²) in [6.07, 6.45) is 9.87. The second-order valence-electron chi connectivity index (χ2n) is 7.69. The van der Waals surface area contributed by atoms with Crippen LogP contribution in [0.25, 0.3) is 0 Å². The van der Waals surface area contributed by atoms with Gasteiger partial charge in [-0.3, -0.25) is 4.79 Å². The lowest BCUT2D eigenvalue weighted by molar-refractivity contribution is -0.0503. The van der Waals surface area contributed by atoms with Crippen molar-refractivity contribution in [3.05, 3.63) is 23.9 Å². The van der Waals surface area contributed by atoms with Crippen molar-refractivity contribution in [3.8, 4) is 5.88 Å². The average Bonchev–Trinajstić information content (AvgIpc) is 2.51. The summed E-state index contributed by atoms with van der Waals surface area (Å²) in [5.41, 5.74) is 0.996. The van der Waals surface area contributed by atoms with Gasteiger partial charge in [-0.1, -0.05) is 0 Å². The van der Waals surface area contributed by atoms with E-state index in [1.54, 1.807) is 25.4 Å². The molecule has 0 saturated heterocycles. The minimum atomic E-state index is -0.00843. The fraction of sp³-hybridized carbons (Fsp3) is 0.667. The summed E-state index contributed by atoms with van der Waals surface area (Å²) in [4.78, 5) is 16.5. The Morgan fingerprint density at radius 3 is 2.36 bits per heavy atom. The van der Waals surface area contributed by atoms with Gasteiger partial charge in [0.25, 0.3) is 5.91 Å². The first-order valence-electron chi connectivity index (χ1n) is 8.44. The van der Waals surface area contributed by atoms with Crippen LogP contribution in [0, 0.1) is 23.2 Å². The Hall–Kier alpha value is -1.58. The van der Waals surface area contributed by atoms with Crippen LogP contribution in [0.15, 0.2) is 18.3 Å². The van der Waals surface area contributed by atoms with Gasteiger partial charge in [0.2, 0.25) is 5.88 Å². The van der Waals surface area contributed by atoms with Crippen LogP contribution in [0.5, 0.6) is 5.88 Å². The van der Waals surface area contributed by atoms with Gasteiger partial charge in [0.05, 0.1) is 12.7 Å². The molecule has 0 spiro atoms. The molecule has 4 heteroatoms. The number of ether oxygens (including phenoxy) is 1. The van der Waals surface area contributed by atoms with Gasteiger partial charge in [-0.25, -0.2) is 4.98 Å². The summed E-state index contributed by atoms with van der Waals surface area (Å²) in [6, 6.07) is 3.51. The van der Waals surface area contributed by atoms with Crippen LogP contribution in [0.3, 0.4) is 0 Å². The molecule has 4 nitrogen and oxygen atoms in total. The molecule has 1 heterocycles. The van der Waals surface area contributed by atoms with Crippen molar-refractivity contribution in [3.63, 3.8) is 0 Å². The normalized spacial score (nSPS) is 35.4. The molecule has 118 valence electrons. The fourth-order valence-electron chi connectivity index (χ4n) is 5.51. The Morgan fingerprint density at radius 1 is 1.23 bits per heavy atom. The Kier molecular flexibility index (Phi) is 3.35. The van der Waals surface area contributed by atoms with Crippen LogP contribution in [0.4, 0.5) is 0 Å². The van der Waals surface area contributed by atoms with E-state index in [2.05, 4.69) is 10.3 Å². The Labute approximate surface area is 131 Å². The third kappa shape index (κ3) is 2.49. The van der Waals surface area contributed by atoms with Crippen molar-refractivity contribution in [2.45, 2.75) is 38.5 Å². The predicted molar refractivity (Wildman–Crippen MR) is 83.7 cm³/mol. The van der Waals surface area contributed by atoms with E-state index >= 15 is 0 Å². The van der Waals surface area contributed by atoms with Crippen molar-refractivity contribution < 1.29 is 9.53 Å². The van der Waals surface area contributed by atoms with Crippen molar-refractivity contribution in [1.29, 1.82) is 0 Å². The lowest BCUT2D eigenvalue weighted by Gasteiger charge is -2.56. The smallest absolute Gasteiger partial charge is 0.252 e. The molecule has 0 unspecified atom stereocenters. The van der Waals surface area contributed by atoms with Crippen LogP contribution < -0.4 is 10.1 Å². The van der Waals surface area contributed by atoms with Gasteiger partial charge < -0.3 is 10.1 Å². The van der Waals surface area contributed by atoms with E-state index in [1.165, 1.54) is 38.5 Å². The fourth-order valence-corrected chi connectivity index (χ4v) is 5.51. The third-order valence-electron chi connectivity index (χ3n) is 6.00. The number of pyridine rings is 1. The minimum absolute atomic E-state index is 0.00843. The van der Waals surface area contributed by atoms with Gasteiger partial charge in [0.1, 0.15) is 0 Å². The van der Waals surface area contributed by atoms with Crippen LogP contribution >= 0.6 is 0 Å². The molecule has 4 aliphatic rings. The van der Waals surface area contributed by atoms with E-state index in [0.717, 1.165) is 24.3 Å². The first kappa shape index (κ1) is 14.0. The van der Waals surface area contributed by atoms with Crippen molar-refractivity contribution in [2.75, 3.05) is 13.7 Å². The number of hydrogen-bond acceptors (Lipinski definition) is 3. The highest BCUT2D eigenvalue weighted by atomic mass is 16.5. The van der Waals surface area contributed by atoms with Gasteiger partial charge in [0, 0.05) is 18.8 Å². The number of rotatable bonds is 4. The van der Waals surface area contributed by atoms with Crippen LogP contribution in [0.2, 0.25) is 0 Å². The van der Waals surface area contributed by atoms with Crippen LogP contribution in [-0.2, 0) is 0 Å². The number of hydrogen-bond donors (Lipinski definition) is 1. The second kappa shape index (κ2) is 5.25. The maximum atomic E-state index is 12.3. The van der Waals surface area contributed by atoms with Crippen LogP contribution in [0.1, 0.15) is 48.9 Å². The Balaban J connectivity index is 1.40. The first-order valence-corrected chi connectivity index (χ1v) is 8.44. The van der Waals surface area contributed by atoms with Gasteiger partial charge >= 0.3 is 0 Å². The lowest BCUT2D eigenvalue weighted by atomic mass is 9.49. The molecule has 4 aliphatic carbocycles. The summed E-state index contributed by atoms with van der Waals surface area (Å²) < 4.78 is 5.03. The highest BCUT2D eigenvalue weighted by Crippen LogP contribution is 2.59. The molecule has 0 radical (unpaired) electrons. The molecule has 1 amide bonds. The average molecular weight is 300 g/mol. The number of methoxy groups -OCH3 is 1. The molecular weight excluding hydrogens is 276 g/mol. The zero-order valence-corrected chi connectivity index (χ0v) is 13.2. The number of nitrogens with one attached hydrogen (secondary N) is 1. The molecule has 1 N–H and O–H groups in total. The monoisotopic (exact) mass is 300 g/mol. The van der Waals surface area contributed by atoms with Gasteiger partial charge in [-0.05, 0) is 67.8 Å². The zero-order chi connectivity index (χ0) is 15.2. The largest absolute Gasteiger partial charge is 0.481 e. The number of amides is 1. The predicted octanol–water partition coefficient (Wildman–Crippen LogP) is 3.04. The summed E-state index contributed by atoms with van der Waals surface area (Å²) >= 11 is 0. The molecule has 1 aromatic heterocycles. The Morgan fingerprint density at radius 2 is 1.86 bits per heavy atom. The number of carbonyl (C=O) groups excluding carboxylic acids is 1. The SMILES string of the molecule is COc1ccc(C(=O)NCC23CC4CC(CC(C4)C2)C3)cn1. The van der Waals surface area contributed by atoms with Crippen molar-refractivity contribution >= 4 is 5.91 Å². The molecule has 22 heavy (non-hydrogen) atoms. The maximum Gasteiger partial charge on any atom is 0.252 e. The van der Waals surface area contributed by atoms with Gasteiger partial charge in [0.15, 0.2) is 0 Å². The molecule has 1 aromatic rings. The molecule has 4 saturated carbocycles. The lowest BCUT2D eigenvalue weighted by Crippen LogP contribution is -2.51. The number of aromatic nitrogens is 1. The van der Waals surface area contributed by atoms with E-state index in [0.29, 0.717) is 16.9 Å². The van der Waals surface area contributed by atoms with E-state index in [4.69, 9.17) is 4.74 Å². The van der Waals surface area contributed by atoms with E-state index in [9.17, 15) is 4.79 Å². The minimum Gasteiger partial charge on any atom is -0.481 e. The molecular formula is C18H24N2O2. The highest BCUT2D eigenvalue weighted by Gasteiger charge is 2.50. The van der Waals surface area contributed by atoms with Crippen LogP contribution in [-0.4, -0.2) is 24.5 Å². The summed E-state index contributed by atoms with van der Waals surface area (Å²) in [7, 11) is 1.58. The zero-order valence-electron chi connectivity index (χ0n) is 13.2. The summed E-state index contributed by atoms with van der Waals surface area (Å²) in [6.45, 7) is 0.835. The second-order valence-corrected chi connectivity index (χ2v) is 7.69. The van der Waals surface area contributed by atoms with Gasteiger partial charge in [-0.2, -0.15) is 0 Å². The standard InChI is InChI=1S/C18H24N2O2/c1-22-16-3-2-15(10-19-16)17(21)20-11-18-7-12-4-13(8-18)6-14(5-12)9-18/h2-3,10,12-14H,4-9,11H2,1H3,(H,20,21). The number of carbonyl (C=O) groups is 1. The van der Waals surface area contributed by atoms with E-state index in [-0.39, 0.29) is 5.91 Å². The molecule has 4 fully saturated rings. The van der Waals surface area contributed by atoms with Crippen molar-refractivity contribution in [2.24, 2.45) is 23.2 Å². The molecule has 0 aliphatic heterocycles. The topological polar surface area (TPSA) is 51.2 Å². The van der Waals surface area contributed by atoms with Crippen molar-refractivity contribution in [1.82, 2.24) is 10.3 Å². The highest BCUT2D eigenvalue weighted by molar-refractivity contribution is 5.93. The quantitative estimate of drug-likeness (QED) is 0.930.